The van der Waals surface area contributed by atoms with Crippen LogP contribution >= 0.6 is 0 Å². The maximum atomic E-state index is 13.1. The number of carbonyl (C=O) groups is 1. The van der Waals surface area contributed by atoms with E-state index in [2.05, 4.69) is 34.1 Å². The average molecular weight is 367 g/mol. The van der Waals surface area contributed by atoms with Gasteiger partial charge in [-0.15, -0.1) is 0 Å². The molecule has 1 amide bonds. The maximum absolute atomic E-state index is 13.1. The molecule has 2 aliphatic rings. The van der Waals surface area contributed by atoms with Gasteiger partial charge in [-0.2, -0.15) is 0 Å². The molecule has 0 atom stereocenters. The lowest BCUT2D eigenvalue weighted by molar-refractivity contribution is -0.131. The number of halogens is 1. The van der Waals surface area contributed by atoms with Crippen molar-refractivity contribution in [3.63, 3.8) is 0 Å². The van der Waals surface area contributed by atoms with Crippen LogP contribution in [0.1, 0.15) is 18.4 Å². The maximum Gasteiger partial charge on any atom is 0.224 e. The third-order valence-electron chi connectivity index (χ3n) is 5.63. The standard InChI is InChI=1S/C22H26FN3O/c23-19-7-9-20(10-8-19)24-14-16-26(17-15-24)22(27)11-13-25-12-3-5-18-4-1-2-6-21(18)25/h1-2,4,6-10H,3,5,11-17H2. The number of anilines is 2. The fourth-order valence-electron chi connectivity index (χ4n) is 4.10. The van der Waals surface area contributed by atoms with Gasteiger partial charge in [-0.25, -0.2) is 4.39 Å². The van der Waals surface area contributed by atoms with Crippen molar-refractivity contribution in [1.82, 2.24) is 4.90 Å². The fraction of sp³-hybridized carbons (Fsp3) is 0.409. The second-order valence-electron chi connectivity index (χ2n) is 7.31. The van der Waals surface area contributed by atoms with E-state index in [1.807, 2.05) is 4.90 Å². The van der Waals surface area contributed by atoms with Crippen LogP contribution in [0, 0.1) is 5.82 Å². The highest BCUT2D eigenvalue weighted by atomic mass is 19.1. The summed E-state index contributed by atoms with van der Waals surface area (Å²) in [5, 5.41) is 0. The molecule has 0 aliphatic carbocycles. The number of benzene rings is 2. The Morgan fingerprint density at radius 1 is 0.926 bits per heavy atom. The van der Waals surface area contributed by atoms with Crippen molar-refractivity contribution in [1.29, 1.82) is 0 Å². The van der Waals surface area contributed by atoms with E-state index in [4.69, 9.17) is 0 Å². The SMILES string of the molecule is O=C(CCN1CCCc2ccccc21)N1CCN(c2ccc(F)cc2)CC1. The molecule has 0 radical (unpaired) electrons. The first-order chi connectivity index (χ1) is 13.2. The Labute approximate surface area is 160 Å². The van der Waals surface area contributed by atoms with Crippen LogP contribution in [0.3, 0.4) is 0 Å². The molecule has 2 aromatic carbocycles. The van der Waals surface area contributed by atoms with Gasteiger partial charge in [-0.05, 0) is 48.7 Å². The molecule has 1 saturated heterocycles. The molecule has 0 N–H and O–H groups in total. The number of hydrogen-bond donors (Lipinski definition) is 0. The monoisotopic (exact) mass is 367 g/mol. The number of aryl methyl sites for hydroxylation is 1. The van der Waals surface area contributed by atoms with E-state index in [0.29, 0.717) is 6.42 Å². The van der Waals surface area contributed by atoms with Crippen LogP contribution in [0.2, 0.25) is 0 Å². The summed E-state index contributed by atoms with van der Waals surface area (Å²) in [5.74, 6) is 0.0173. The largest absolute Gasteiger partial charge is 0.371 e. The molecule has 1 fully saturated rings. The van der Waals surface area contributed by atoms with Crippen molar-refractivity contribution in [2.24, 2.45) is 0 Å². The molecular weight excluding hydrogens is 341 g/mol. The Bertz CT molecular complexity index is 784. The number of fused-ring (bicyclic) bond motifs is 1. The summed E-state index contributed by atoms with van der Waals surface area (Å²) in [6, 6.07) is 15.1. The number of nitrogens with zero attached hydrogens (tertiary/aromatic N) is 3. The number of rotatable bonds is 4. The fourth-order valence-corrected chi connectivity index (χ4v) is 4.10. The zero-order valence-corrected chi connectivity index (χ0v) is 15.6. The molecule has 4 rings (SSSR count). The molecule has 2 aliphatic heterocycles. The van der Waals surface area contributed by atoms with E-state index in [1.165, 1.54) is 23.4 Å². The minimum Gasteiger partial charge on any atom is -0.371 e. The molecule has 4 nitrogen and oxygen atoms in total. The molecular formula is C22H26FN3O. The van der Waals surface area contributed by atoms with Gasteiger partial charge in [0.25, 0.3) is 0 Å². The van der Waals surface area contributed by atoms with Gasteiger partial charge in [-0.3, -0.25) is 4.79 Å². The normalized spacial score (nSPS) is 17.0. The van der Waals surface area contributed by atoms with Gasteiger partial charge in [0.2, 0.25) is 5.91 Å². The van der Waals surface area contributed by atoms with Crippen molar-refractivity contribution in [3.05, 3.63) is 59.9 Å². The second kappa shape index (κ2) is 7.99. The van der Waals surface area contributed by atoms with Gasteiger partial charge in [-0.1, -0.05) is 18.2 Å². The summed E-state index contributed by atoms with van der Waals surface area (Å²) < 4.78 is 13.1. The van der Waals surface area contributed by atoms with Crippen molar-refractivity contribution < 1.29 is 9.18 Å². The summed E-state index contributed by atoms with van der Waals surface area (Å²) in [5.41, 5.74) is 3.70. The number of amides is 1. The average Bonchev–Trinajstić information content (AvgIpc) is 2.72. The van der Waals surface area contributed by atoms with E-state index < -0.39 is 0 Å². The van der Waals surface area contributed by atoms with Gasteiger partial charge < -0.3 is 14.7 Å². The van der Waals surface area contributed by atoms with Crippen LogP contribution in [0.5, 0.6) is 0 Å². The lowest BCUT2D eigenvalue weighted by Gasteiger charge is -2.37. The van der Waals surface area contributed by atoms with Crippen LogP contribution in [-0.2, 0) is 11.2 Å². The van der Waals surface area contributed by atoms with Crippen LogP contribution in [0.4, 0.5) is 15.8 Å². The first-order valence-corrected chi connectivity index (χ1v) is 9.82. The second-order valence-corrected chi connectivity index (χ2v) is 7.31. The van der Waals surface area contributed by atoms with Crippen molar-refractivity contribution >= 4 is 17.3 Å². The molecule has 5 heteroatoms. The number of piperazine rings is 1. The van der Waals surface area contributed by atoms with E-state index in [0.717, 1.165) is 57.8 Å². The van der Waals surface area contributed by atoms with Crippen LogP contribution in [0.15, 0.2) is 48.5 Å². The Morgan fingerprint density at radius 2 is 1.67 bits per heavy atom. The summed E-state index contributed by atoms with van der Waals surface area (Å²) in [4.78, 5) is 19.2. The van der Waals surface area contributed by atoms with Gasteiger partial charge >= 0.3 is 0 Å². The lowest BCUT2D eigenvalue weighted by Crippen LogP contribution is -2.49. The summed E-state index contributed by atoms with van der Waals surface area (Å²) >= 11 is 0. The van der Waals surface area contributed by atoms with Gasteiger partial charge in [0.1, 0.15) is 5.82 Å². The Balaban J connectivity index is 1.28. The zero-order chi connectivity index (χ0) is 18.6. The predicted octanol–water partition coefficient (Wildman–Crippen LogP) is 3.32. The van der Waals surface area contributed by atoms with Crippen LogP contribution in [-0.4, -0.2) is 50.1 Å². The minimum absolute atomic E-state index is 0.216. The van der Waals surface area contributed by atoms with E-state index in [-0.39, 0.29) is 11.7 Å². The Morgan fingerprint density at radius 3 is 2.44 bits per heavy atom. The number of para-hydroxylation sites is 1. The molecule has 0 unspecified atom stereocenters. The van der Waals surface area contributed by atoms with Crippen LogP contribution < -0.4 is 9.80 Å². The molecule has 2 aromatic rings. The van der Waals surface area contributed by atoms with Gasteiger partial charge in [0.05, 0.1) is 0 Å². The van der Waals surface area contributed by atoms with Crippen molar-refractivity contribution in [3.8, 4) is 0 Å². The quantitative estimate of drug-likeness (QED) is 0.829. The van der Waals surface area contributed by atoms with Crippen molar-refractivity contribution in [2.45, 2.75) is 19.3 Å². The first kappa shape index (κ1) is 17.8. The summed E-state index contributed by atoms with van der Waals surface area (Å²) in [6.45, 7) is 4.87. The predicted molar refractivity (Wildman–Crippen MR) is 107 cm³/mol. The first-order valence-electron chi connectivity index (χ1n) is 9.82. The van der Waals surface area contributed by atoms with E-state index >= 15 is 0 Å². The minimum atomic E-state index is -0.216. The molecule has 0 spiro atoms. The summed E-state index contributed by atoms with van der Waals surface area (Å²) in [7, 11) is 0. The number of hydrogen-bond acceptors (Lipinski definition) is 3. The van der Waals surface area contributed by atoms with Gasteiger partial charge in [0.15, 0.2) is 0 Å². The molecule has 0 saturated carbocycles. The zero-order valence-electron chi connectivity index (χ0n) is 15.6. The third-order valence-corrected chi connectivity index (χ3v) is 5.63. The summed E-state index contributed by atoms with van der Waals surface area (Å²) in [6.07, 6.45) is 2.85. The van der Waals surface area contributed by atoms with Crippen LogP contribution in [0.25, 0.3) is 0 Å². The third kappa shape index (κ3) is 4.07. The van der Waals surface area contributed by atoms with E-state index in [1.54, 1.807) is 12.1 Å². The van der Waals surface area contributed by atoms with E-state index in [9.17, 15) is 9.18 Å². The smallest absolute Gasteiger partial charge is 0.224 e. The molecule has 27 heavy (non-hydrogen) atoms. The highest BCUT2D eigenvalue weighted by molar-refractivity contribution is 5.77. The highest BCUT2D eigenvalue weighted by Gasteiger charge is 2.23. The molecule has 2 heterocycles. The topological polar surface area (TPSA) is 26.8 Å². The molecule has 0 bridgehead atoms. The lowest BCUT2D eigenvalue weighted by atomic mass is 10.0. The van der Waals surface area contributed by atoms with Crippen molar-refractivity contribution in [2.75, 3.05) is 49.1 Å². The number of carbonyl (C=O) groups excluding carboxylic acids is 1. The Hall–Kier alpha value is -2.56. The molecule has 0 aromatic heterocycles. The van der Waals surface area contributed by atoms with Gasteiger partial charge in [0, 0.05) is 57.1 Å². The Kier molecular flexibility index (Phi) is 5.28. The highest BCUT2D eigenvalue weighted by Crippen LogP contribution is 2.26. The molecule has 142 valence electrons.